The Morgan fingerprint density at radius 1 is 1.14 bits per heavy atom. The van der Waals surface area contributed by atoms with Gasteiger partial charge in [0, 0.05) is 0 Å². The molecule has 0 aliphatic rings. The highest BCUT2D eigenvalue weighted by molar-refractivity contribution is 5.28. The van der Waals surface area contributed by atoms with E-state index in [0.717, 1.165) is 12.2 Å². The summed E-state index contributed by atoms with van der Waals surface area (Å²) < 4.78 is 5.09. The van der Waals surface area contributed by atoms with Crippen LogP contribution >= 0.6 is 0 Å². The number of unbranched alkanes of at least 4 members (excludes halogenated alkanes) is 1. The number of benzene rings is 1. The molecule has 0 amide bonds. The molecule has 0 atom stereocenters. The van der Waals surface area contributed by atoms with Crippen molar-refractivity contribution < 1.29 is 4.74 Å². The van der Waals surface area contributed by atoms with E-state index in [4.69, 9.17) is 4.74 Å². The van der Waals surface area contributed by atoms with Crippen molar-refractivity contribution in [2.75, 3.05) is 7.11 Å². The van der Waals surface area contributed by atoms with Gasteiger partial charge in [-0.3, -0.25) is 0 Å². The van der Waals surface area contributed by atoms with Crippen LogP contribution in [0.3, 0.4) is 0 Å². The van der Waals surface area contributed by atoms with E-state index in [1.54, 1.807) is 7.11 Å². The predicted molar refractivity (Wildman–Crippen MR) is 60.7 cm³/mol. The summed E-state index contributed by atoms with van der Waals surface area (Å²) in [5, 5.41) is 0. The summed E-state index contributed by atoms with van der Waals surface area (Å²) in [4.78, 5) is 0. The van der Waals surface area contributed by atoms with Gasteiger partial charge in [-0.25, -0.2) is 0 Å². The number of allylic oxidation sites excluding steroid dienone is 2. The van der Waals surface area contributed by atoms with E-state index in [9.17, 15) is 0 Å². The molecule has 0 saturated carbocycles. The summed E-state index contributed by atoms with van der Waals surface area (Å²) in [6.45, 7) is 2.19. The van der Waals surface area contributed by atoms with Crippen LogP contribution in [-0.2, 0) is 6.42 Å². The number of rotatable bonds is 5. The molecule has 1 nitrogen and oxygen atoms in total. The van der Waals surface area contributed by atoms with E-state index in [1.807, 2.05) is 12.1 Å². The second-order valence-electron chi connectivity index (χ2n) is 3.31. The van der Waals surface area contributed by atoms with Crippen molar-refractivity contribution in [3.63, 3.8) is 0 Å². The normalized spacial score (nSPS) is 10.7. The molecule has 14 heavy (non-hydrogen) atoms. The Morgan fingerprint density at radius 2 is 1.86 bits per heavy atom. The fourth-order valence-electron chi connectivity index (χ4n) is 1.27. The van der Waals surface area contributed by atoms with Crippen molar-refractivity contribution in [2.45, 2.75) is 26.2 Å². The molecule has 0 aliphatic carbocycles. The summed E-state index contributed by atoms with van der Waals surface area (Å²) in [6.07, 6.45) is 7.88. The maximum atomic E-state index is 5.09. The van der Waals surface area contributed by atoms with Crippen molar-refractivity contribution in [2.24, 2.45) is 0 Å². The minimum atomic E-state index is 0.922. The minimum absolute atomic E-state index is 0.922. The van der Waals surface area contributed by atoms with Gasteiger partial charge in [-0.2, -0.15) is 0 Å². The van der Waals surface area contributed by atoms with E-state index in [0.29, 0.717) is 0 Å². The van der Waals surface area contributed by atoms with Crippen LogP contribution in [0.25, 0.3) is 0 Å². The van der Waals surface area contributed by atoms with Crippen molar-refractivity contribution in [1.29, 1.82) is 0 Å². The van der Waals surface area contributed by atoms with Crippen molar-refractivity contribution in [1.82, 2.24) is 0 Å². The average Bonchev–Trinajstić information content (AvgIpc) is 2.25. The van der Waals surface area contributed by atoms with Crippen LogP contribution in [0.1, 0.15) is 25.3 Å². The van der Waals surface area contributed by atoms with Gasteiger partial charge < -0.3 is 4.74 Å². The third-order valence-electron chi connectivity index (χ3n) is 2.13. The predicted octanol–water partition coefficient (Wildman–Crippen LogP) is 3.59. The summed E-state index contributed by atoms with van der Waals surface area (Å²) in [7, 11) is 1.69. The van der Waals surface area contributed by atoms with Crippen molar-refractivity contribution in [3.8, 4) is 5.75 Å². The Kier molecular flexibility index (Phi) is 4.84. The third kappa shape index (κ3) is 3.65. The second kappa shape index (κ2) is 6.25. The second-order valence-corrected chi connectivity index (χ2v) is 3.31. The lowest BCUT2D eigenvalue weighted by molar-refractivity contribution is 0.414. The first kappa shape index (κ1) is 10.8. The minimum Gasteiger partial charge on any atom is -0.497 e. The monoisotopic (exact) mass is 190 g/mol. The summed E-state index contributed by atoms with van der Waals surface area (Å²) >= 11 is 0. The van der Waals surface area contributed by atoms with Crippen LogP contribution in [-0.4, -0.2) is 7.11 Å². The first-order valence-electron chi connectivity index (χ1n) is 5.14. The van der Waals surface area contributed by atoms with Crippen LogP contribution in [0.5, 0.6) is 5.75 Å². The number of hydrogen-bond donors (Lipinski definition) is 0. The third-order valence-corrected chi connectivity index (χ3v) is 2.13. The first-order chi connectivity index (χ1) is 6.86. The van der Waals surface area contributed by atoms with Gasteiger partial charge in [0.05, 0.1) is 7.11 Å². The molecule has 0 heterocycles. The van der Waals surface area contributed by atoms with Crippen LogP contribution in [0.2, 0.25) is 0 Å². The van der Waals surface area contributed by atoms with Gasteiger partial charge in [0.25, 0.3) is 0 Å². The smallest absolute Gasteiger partial charge is 0.118 e. The van der Waals surface area contributed by atoms with E-state index in [2.05, 4.69) is 31.2 Å². The van der Waals surface area contributed by atoms with Crippen molar-refractivity contribution in [3.05, 3.63) is 42.0 Å². The maximum absolute atomic E-state index is 5.09. The Balaban J connectivity index is 2.43. The van der Waals surface area contributed by atoms with Gasteiger partial charge in [-0.1, -0.05) is 37.6 Å². The van der Waals surface area contributed by atoms with Crippen molar-refractivity contribution >= 4 is 0 Å². The quantitative estimate of drug-likeness (QED) is 0.645. The van der Waals surface area contributed by atoms with E-state index in [1.165, 1.54) is 18.4 Å². The van der Waals surface area contributed by atoms with Gasteiger partial charge in [-0.05, 0) is 30.5 Å². The highest BCUT2D eigenvalue weighted by atomic mass is 16.5. The molecule has 0 saturated heterocycles. The highest BCUT2D eigenvalue weighted by Crippen LogP contribution is 2.11. The van der Waals surface area contributed by atoms with Crippen LogP contribution < -0.4 is 4.74 Å². The molecule has 0 aliphatic heterocycles. The van der Waals surface area contributed by atoms with Crippen LogP contribution in [0.4, 0.5) is 0 Å². The summed E-state index contributed by atoms with van der Waals surface area (Å²) in [6, 6.07) is 8.22. The van der Waals surface area contributed by atoms with E-state index < -0.39 is 0 Å². The number of hydrogen-bond acceptors (Lipinski definition) is 1. The fourth-order valence-corrected chi connectivity index (χ4v) is 1.27. The largest absolute Gasteiger partial charge is 0.497 e. The summed E-state index contributed by atoms with van der Waals surface area (Å²) in [5.74, 6) is 0.922. The fraction of sp³-hybridized carbons (Fsp3) is 0.385. The Bertz CT molecular complexity index is 272. The van der Waals surface area contributed by atoms with Crippen LogP contribution in [0.15, 0.2) is 36.4 Å². The van der Waals surface area contributed by atoms with Gasteiger partial charge >= 0.3 is 0 Å². The molecule has 0 N–H and O–H groups in total. The molecule has 76 valence electrons. The zero-order valence-electron chi connectivity index (χ0n) is 8.99. The zero-order valence-corrected chi connectivity index (χ0v) is 8.99. The molecule has 0 aromatic heterocycles. The zero-order chi connectivity index (χ0) is 10.2. The molecular formula is C13H18O. The molecule has 0 radical (unpaired) electrons. The topological polar surface area (TPSA) is 9.23 Å². The van der Waals surface area contributed by atoms with Gasteiger partial charge in [0.15, 0.2) is 0 Å². The molecule has 0 spiro atoms. The highest BCUT2D eigenvalue weighted by Gasteiger charge is 1.91. The lowest BCUT2D eigenvalue weighted by atomic mass is 10.1. The Labute approximate surface area is 86.4 Å². The molecule has 1 heteroatoms. The first-order valence-corrected chi connectivity index (χ1v) is 5.14. The lowest BCUT2D eigenvalue weighted by Crippen LogP contribution is -1.84. The Hall–Kier alpha value is -1.24. The molecule has 1 rings (SSSR count). The Morgan fingerprint density at radius 3 is 2.43 bits per heavy atom. The molecular weight excluding hydrogens is 172 g/mol. The standard InChI is InChI=1S/C13H18O/c1-3-4-5-6-7-12-8-10-13(14-2)11-9-12/h5-6,8-11H,3-4,7H2,1-2H3. The van der Waals surface area contributed by atoms with E-state index in [-0.39, 0.29) is 0 Å². The number of methoxy groups -OCH3 is 1. The summed E-state index contributed by atoms with van der Waals surface area (Å²) in [5.41, 5.74) is 1.33. The average molecular weight is 190 g/mol. The lowest BCUT2D eigenvalue weighted by Gasteiger charge is -2.00. The SMILES string of the molecule is CCCC=CCc1ccc(OC)cc1. The molecule has 0 unspecified atom stereocenters. The maximum Gasteiger partial charge on any atom is 0.118 e. The molecule has 0 bridgehead atoms. The molecule has 0 fully saturated rings. The van der Waals surface area contributed by atoms with E-state index >= 15 is 0 Å². The molecule has 1 aromatic rings. The van der Waals surface area contributed by atoms with Gasteiger partial charge in [0.2, 0.25) is 0 Å². The van der Waals surface area contributed by atoms with Gasteiger partial charge in [0.1, 0.15) is 5.75 Å². The van der Waals surface area contributed by atoms with Gasteiger partial charge in [-0.15, -0.1) is 0 Å². The number of ether oxygens (including phenoxy) is 1. The van der Waals surface area contributed by atoms with Crippen LogP contribution in [0, 0.1) is 0 Å². The molecule has 1 aromatic carbocycles.